The fourth-order valence-electron chi connectivity index (χ4n) is 2.34. The number of hydrogen-bond acceptors (Lipinski definition) is 2. The SMILES string of the molecule is CC(C)C1CC(Nc2cccc(OC(F)(F)F)c2)C1. The largest absolute Gasteiger partial charge is 0.573 e. The van der Waals surface area contributed by atoms with Gasteiger partial charge in [-0.3, -0.25) is 0 Å². The summed E-state index contributed by atoms with van der Waals surface area (Å²) in [5.74, 6) is 1.20. The molecule has 0 heterocycles. The fraction of sp³-hybridized carbons (Fsp3) is 0.571. The Labute approximate surface area is 111 Å². The molecule has 0 atom stereocenters. The van der Waals surface area contributed by atoms with Gasteiger partial charge in [-0.25, -0.2) is 0 Å². The van der Waals surface area contributed by atoms with E-state index in [1.807, 2.05) is 0 Å². The van der Waals surface area contributed by atoms with Crippen molar-refractivity contribution in [2.45, 2.75) is 39.1 Å². The minimum absolute atomic E-state index is 0.183. The second kappa shape index (κ2) is 5.31. The van der Waals surface area contributed by atoms with E-state index in [2.05, 4.69) is 23.9 Å². The molecule has 0 spiro atoms. The maximum atomic E-state index is 12.1. The molecule has 0 unspecified atom stereocenters. The molecule has 0 saturated heterocycles. The summed E-state index contributed by atoms with van der Waals surface area (Å²) < 4.78 is 40.2. The van der Waals surface area contributed by atoms with Gasteiger partial charge in [0.1, 0.15) is 5.75 Å². The van der Waals surface area contributed by atoms with E-state index < -0.39 is 6.36 Å². The molecule has 0 bridgehead atoms. The normalized spacial score (nSPS) is 23.1. The quantitative estimate of drug-likeness (QED) is 0.876. The van der Waals surface area contributed by atoms with Gasteiger partial charge in [0.15, 0.2) is 0 Å². The highest BCUT2D eigenvalue weighted by Crippen LogP contribution is 2.36. The van der Waals surface area contributed by atoms with Gasteiger partial charge < -0.3 is 10.1 Å². The molecule has 5 heteroatoms. The minimum Gasteiger partial charge on any atom is -0.406 e. The van der Waals surface area contributed by atoms with Gasteiger partial charge in [0.2, 0.25) is 0 Å². The summed E-state index contributed by atoms with van der Waals surface area (Å²) in [6, 6.07) is 6.36. The van der Waals surface area contributed by atoms with Crippen molar-refractivity contribution in [1.82, 2.24) is 0 Å². The first-order valence-corrected chi connectivity index (χ1v) is 6.46. The predicted molar refractivity (Wildman–Crippen MR) is 68.1 cm³/mol. The maximum absolute atomic E-state index is 12.1. The first-order valence-electron chi connectivity index (χ1n) is 6.46. The third-order valence-electron chi connectivity index (χ3n) is 3.56. The second-order valence-corrected chi connectivity index (χ2v) is 5.39. The zero-order valence-electron chi connectivity index (χ0n) is 11.0. The Morgan fingerprint density at radius 3 is 2.53 bits per heavy atom. The molecule has 1 saturated carbocycles. The van der Waals surface area contributed by atoms with Crippen LogP contribution in [0.3, 0.4) is 0 Å². The van der Waals surface area contributed by atoms with E-state index in [9.17, 15) is 13.2 Å². The van der Waals surface area contributed by atoms with Gasteiger partial charge in [-0.15, -0.1) is 13.2 Å². The summed E-state index contributed by atoms with van der Waals surface area (Å²) in [7, 11) is 0. The number of hydrogen-bond donors (Lipinski definition) is 1. The van der Waals surface area contributed by atoms with Crippen LogP contribution in [0.2, 0.25) is 0 Å². The van der Waals surface area contributed by atoms with Crippen molar-refractivity contribution in [1.29, 1.82) is 0 Å². The van der Waals surface area contributed by atoms with E-state index in [0.29, 0.717) is 23.6 Å². The third-order valence-corrected chi connectivity index (χ3v) is 3.56. The van der Waals surface area contributed by atoms with Crippen molar-refractivity contribution in [3.05, 3.63) is 24.3 Å². The summed E-state index contributed by atoms with van der Waals surface area (Å²) in [6.45, 7) is 4.39. The highest BCUT2D eigenvalue weighted by Gasteiger charge is 2.32. The number of nitrogens with one attached hydrogen (secondary N) is 1. The smallest absolute Gasteiger partial charge is 0.406 e. The Morgan fingerprint density at radius 1 is 1.26 bits per heavy atom. The minimum atomic E-state index is -4.64. The molecule has 106 valence electrons. The predicted octanol–water partition coefficient (Wildman–Crippen LogP) is 4.43. The van der Waals surface area contributed by atoms with Crippen LogP contribution < -0.4 is 10.1 Å². The lowest BCUT2D eigenvalue weighted by Crippen LogP contribution is -2.37. The van der Waals surface area contributed by atoms with E-state index in [1.54, 1.807) is 12.1 Å². The topological polar surface area (TPSA) is 21.3 Å². The van der Waals surface area contributed by atoms with Crippen molar-refractivity contribution in [3.8, 4) is 5.75 Å². The molecule has 0 radical (unpaired) electrons. The van der Waals surface area contributed by atoms with E-state index in [4.69, 9.17) is 0 Å². The molecule has 1 fully saturated rings. The second-order valence-electron chi connectivity index (χ2n) is 5.39. The van der Waals surface area contributed by atoms with Crippen LogP contribution in [-0.2, 0) is 0 Å². The molecule has 0 aliphatic heterocycles. The molecule has 0 aromatic heterocycles. The van der Waals surface area contributed by atoms with Gasteiger partial charge in [0.25, 0.3) is 0 Å². The Balaban J connectivity index is 1.90. The standard InChI is InChI=1S/C14H18F3NO/c1-9(2)10-6-12(7-10)18-11-4-3-5-13(8-11)19-14(15,16)17/h3-5,8-10,12,18H,6-7H2,1-2H3. The molecule has 1 aliphatic rings. The monoisotopic (exact) mass is 273 g/mol. The number of alkyl halides is 3. The summed E-state index contributed by atoms with van der Waals surface area (Å²) in [5, 5.41) is 3.24. The zero-order chi connectivity index (χ0) is 14.0. The number of anilines is 1. The summed E-state index contributed by atoms with van der Waals surface area (Å²) in [5.41, 5.74) is 0.675. The van der Waals surface area contributed by atoms with Crippen molar-refractivity contribution in [2.75, 3.05) is 5.32 Å². The molecule has 1 aromatic carbocycles. The summed E-state index contributed by atoms with van der Waals surface area (Å²) in [6.07, 6.45) is -2.50. The average molecular weight is 273 g/mol. The summed E-state index contributed by atoms with van der Waals surface area (Å²) >= 11 is 0. The lowest BCUT2D eigenvalue weighted by atomic mass is 9.73. The molecule has 2 rings (SSSR count). The Bertz CT molecular complexity index is 425. The third kappa shape index (κ3) is 4.04. The molecule has 1 N–H and O–H groups in total. The average Bonchev–Trinajstić information content (AvgIpc) is 2.20. The van der Waals surface area contributed by atoms with Crippen LogP contribution in [0.25, 0.3) is 0 Å². The Hall–Kier alpha value is -1.39. The van der Waals surface area contributed by atoms with Gasteiger partial charge in [-0.1, -0.05) is 19.9 Å². The van der Waals surface area contributed by atoms with Crippen molar-refractivity contribution < 1.29 is 17.9 Å². The van der Waals surface area contributed by atoms with Crippen molar-refractivity contribution >= 4 is 5.69 Å². The van der Waals surface area contributed by atoms with Crippen LogP contribution in [0, 0.1) is 11.8 Å². The van der Waals surface area contributed by atoms with Crippen LogP contribution >= 0.6 is 0 Å². The lowest BCUT2D eigenvalue weighted by Gasteiger charge is -2.39. The number of rotatable bonds is 4. The van der Waals surface area contributed by atoms with E-state index in [1.165, 1.54) is 12.1 Å². The van der Waals surface area contributed by atoms with Gasteiger partial charge in [-0.2, -0.15) is 0 Å². The fourth-order valence-corrected chi connectivity index (χ4v) is 2.34. The van der Waals surface area contributed by atoms with E-state index in [0.717, 1.165) is 12.8 Å². The number of halogens is 3. The van der Waals surface area contributed by atoms with Crippen molar-refractivity contribution in [3.63, 3.8) is 0 Å². The Morgan fingerprint density at radius 2 is 1.95 bits per heavy atom. The zero-order valence-corrected chi connectivity index (χ0v) is 11.0. The van der Waals surface area contributed by atoms with Gasteiger partial charge in [0, 0.05) is 17.8 Å². The van der Waals surface area contributed by atoms with Crippen LogP contribution in [0.1, 0.15) is 26.7 Å². The van der Waals surface area contributed by atoms with E-state index in [-0.39, 0.29) is 5.75 Å². The molecule has 1 aliphatic carbocycles. The van der Waals surface area contributed by atoms with Gasteiger partial charge in [0.05, 0.1) is 0 Å². The van der Waals surface area contributed by atoms with Crippen LogP contribution in [-0.4, -0.2) is 12.4 Å². The Kier molecular flexibility index (Phi) is 3.92. The van der Waals surface area contributed by atoms with Crippen LogP contribution in [0.15, 0.2) is 24.3 Å². The van der Waals surface area contributed by atoms with Gasteiger partial charge in [-0.05, 0) is 36.8 Å². The lowest BCUT2D eigenvalue weighted by molar-refractivity contribution is -0.274. The van der Waals surface area contributed by atoms with Crippen LogP contribution in [0.4, 0.5) is 18.9 Å². The van der Waals surface area contributed by atoms with Gasteiger partial charge >= 0.3 is 6.36 Å². The van der Waals surface area contributed by atoms with Crippen molar-refractivity contribution in [2.24, 2.45) is 11.8 Å². The number of benzene rings is 1. The first-order chi connectivity index (χ1) is 8.83. The first kappa shape index (κ1) is 14.0. The summed E-state index contributed by atoms with van der Waals surface area (Å²) in [4.78, 5) is 0. The highest BCUT2D eigenvalue weighted by molar-refractivity contribution is 5.49. The molecule has 1 aromatic rings. The molecular weight excluding hydrogens is 255 g/mol. The maximum Gasteiger partial charge on any atom is 0.573 e. The molecule has 2 nitrogen and oxygen atoms in total. The molecule has 0 amide bonds. The highest BCUT2D eigenvalue weighted by atomic mass is 19.4. The molecule has 19 heavy (non-hydrogen) atoms. The number of ether oxygens (including phenoxy) is 1. The molecular formula is C14H18F3NO. The van der Waals surface area contributed by atoms with E-state index >= 15 is 0 Å². The van der Waals surface area contributed by atoms with Crippen LogP contribution in [0.5, 0.6) is 5.75 Å².